The molecule has 2 rings (SSSR count). The number of amides is 1. The quantitative estimate of drug-likeness (QED) is 0.928. The van der Waals surface area contributed by atoms with Gasteiger partial charge in [-0.1, -0.05) is 25.5 Å². The van der Waals surface area contributed by atoms with Gasteiger partial charge in [0.1, 0.15) is 0 Å². The normalized spacial score (nSPS) is 22.1. The summed E-state index contributed by atoms with van der Waals surface area (Å²) in [7, 11) is 0. The van der Waals surface area contributed by atoms with Crippen molar-refractivity contribution in [2.45, 2.75) is 38.4 Å². The second kappa shape index (κ2) is 6.69. The lowest BCUT2D eigenvalue weighted by molar-refractivity contribution is -0.181. The minimum absolute atomic E-state index is 0.0188. The minimum atomic E-state index is -4.40. The summed E-state index contributed by atoms with van der Waals surface area (Å²) < 4.78 is 38.8. The summed E-state index contributed by atoms with van der Waals surface area (Å²) in [5.74, 6) is -2.10. The second-order valence-corrected chi connectivity index (χ2v) is 5.63. The molecule has 1 heterocycles. The molecule has 2 atom stereocenters. The SMILES string of the molecule is CCCc1ccc(C(=O)N2CC[C@H](C(F)(F)F)[C@H]2CO)cc1. The Bertz CT molecular complexity index is 513. The number of alkyl halides is 3. The molecule has 1 aliphatic heterocycles. The van der Waals surface area contributed by atoms with Gasteiger partial charge in [-0.05, 0) is 30.5 Å². The van der Waals surface area contributed by atoms with Crippen LogP contribution in [0.5, 0.6) is 0 Å². The monoisotopic (exact) mass is 315 g/mol. The summed E-state index contributed by atoms with van der Waals surface area (Å²) in [5, 5.41) is 9.29. The van der Waals surface area contributed by atoms with Gasteiger partial charge in [0.15, 0.2) is 0 Å². The topological polar surface area (TPSA) is 40.5 Å². The van der Waals surface area contributed by atoms with Crippen molar-refractivity contribution in [2.24, 2.45) is 5.92 Å². The zero-order valence-corrected chi connectivity index (χ0v) is 12.4. The summed E-state index contributed by atoms with van der Waals surface area (Å²) in [6, 6.07) is 5.73. The van der Waals surface area contributed by atoms with E-state index in [9.17, 15) is 23.1 Å². The third kappa shape index (κ3) is 3.43. The summed E-state index contributed by atoms with van der Waals surface area (Å²) in [4.78, 5) is 13.6. The second-order valence-electron chi connectivity index (χ2n) is 5.63. The van der Waals surface area contributed by atoms with Gasteiger partial charge in [0.25, 0.3) is 5.91 Å². The molecule has 1 N–H and O–H groups in total. The lowest BCUT2D eigenvalue weighted by Crippen LogP contribution is -2.44. The van der Waals surface area contributed by atoms with Gasteiger partial charge < -0.3 is 10.0 Å². The number of aryl methyl sites for hydroxylation is 1. The molecule has 1 aromatic carbocycles. The Labute approximate surface area is 127 Å². The van der Waals surface area contributed by atoms with Crippen LogP contribution in [-0.4, -0.2) is 41.3 Å². The molecule has 1 amide bonds. The Kier molecular flexibility index (Phi) is 5.11. The van der Waals surface area contributed by atoms with E-state index in [4.69, 9.17) is 0 Å². The molecule has 0 bridgehead atoms. The van der Waals surface area contributed by atoms with E-state index in [2.05, 4.69) is 0 Å². The Balaban J connectivity index is 2.15. The molecule has 6 heteroatoms. The van der Waals surface area contributed by atoms with Gasteiger partial charge >= 0.3 is 6.18 Å². The summed E-state index contributed by atoms with van der Waals surface area (Å²) >= 11 is 0. The average Bonchev–Trinajstić information content (AvgIpc) is 2.91. The van der Waals surface area contributed by atoms with Gasteiger partial charge in [0.05, 0.1) is 18.6 Å². The molecule has 1 aliphatic rings. The molecule has 1 fully saturated rings. The van der Waals surface area contributed by atoms with Crippen LogP contribution >= 0.6 is 0 Å². The van der Waals surface area contributed by atoms with E-state index in [0.29, 0.717) is 5.56 Å². The van der Waals surface area contributed by atoms with Crippen molar-refractivity contribution in [2.75, 3.05) is 13.2 Å². The fourth-order valence-electron chi connectivity index (χ4n) is 2.98. The zero-order chi connectivity index (χ0) is 16.3. The molecular formula is C16H20F3NO2. The van der Waals surface area contributed by atoms with Gasteiger partial charge in [-0.2, -0.15) is 13.2 Å². The highest BCUT2D eigenvalue weighted by molar-refractivity contribution is 5.94. The van der Waals surface area contributed by atoms with E-state index in [1.54, 1.807) is 12.1 Å². The largest absolute Gasteiger partial charge is 0.394 e. The lowest BCUT2D eigenvalue weighted by atomic mass is 10.00. The molecule has 22 heavy (non-hydrogen) atoms. The minimum Gasteiger partial charge on any atom is -0.394 e. The maximum absolute atomic E-state index is 12.9. The first-order valence-corrected chi connectivity index (χ1v) is 7.46. The van der Waals surface area contributed by atoms with Crippen LogP contribution in [0.1, 0.15) is 35.7 Å². The maximum Gasteiger partial charge on any atom is 0.393 e. The Morgan fingerprint density at radius 2 is 1.95 bits per heavy atom. The number of halogens is 3. The molecule has 0 saturated carbocycles. The number of aliphatic hydroxyl groups excluding tert-OH is 1. The molecule has 122 valence electrons. The third-order valence-electron chi connectivity index (χ3n) is 4.15. The van der Waals surface area contributed by atoms with Crippen molar-refractivity contribution in [3.8, 4) is 0 Å². The summed E-state index contributed by atoms with van der Waals surface area (Å²) in [6.45, 7) is 1.39. The molecule has 0 unspecified atom stereocenters. The number of likely N-dealkylation sites (tertiary alicyclic amines) is 1. The van der Waals surface area contributed by atoms with Gasteiger partial charge in [-0.3, -0.25) is 4.79 Å². The van der Waals surface area contributed by atoms with Crippen LogP contribution < -0.4 is 0 Å². The van der Waals surface area contributed by atoms with Crippen molar-refractivity contribution in [3.05, 3.63) is 35.4 Å². The first-order valence-electron chi connectivity index (χ1n) is 7.46. The number of aliphatic hydroxyl groups is 1. The maximum atomic E-state index is 12.9. The molecule has 0 spiro atoms. The van der Waals surface area contributed by atoms with Gasteiger partial charge in [0.2, 0.25) is 0 Å². The standard InChI is InChI=1S/C16H20F3NO2/c1-2-3-11-4-6-12(7-5-11)15(22)20-9-8-13(14(20)10-21)16(17,18)19/h4-7,13-14,21H,2-3,8-10H2,1H3/t13-,14+/m0/s1. The first kappa shape index (κ1) is 16.8. The van der Waals surface area contributed by atoms with Crippen LogP contribution in [0.4, 0.5) is 13.2 Å². The van der Waals surface area contributed by atoms with E-state index in [1.807, 2.05) is 19.1 Å². The van der Waals surface area contributed by atoms with Crippen LogP contribution in [0.3, 0.4) is 0 Å². The molecule has 1 saturated heterocycles. The van der Waals surface area contributed by atoms with Crippen molar-refractivity contribution in [1.29, 1.82) is 0 Å². The molecule has 0 aliphatic carbocycles. The van der Waals surface area contributed by atoms with E-state index >= 15 is 0 Å². The van der Waals surface area contributed by atoms with Crippen molar-refractivity contribution < 1.29 is 23.1 Å². The highest BCUT2D eigenvalue weighted by atomic mass is 19.4. The van der Waals surface area contributed by atoms with Crippen LogP contribution in [-0.2, 0) is 6.42 Å². The molecule has 1 aromatic rings. The predicted octanol–water partition coefficient (Wildman–Crippen LogP) is 3.02. The number of nitrogens with zero attached hydrogens (tertiary/aromatic N) is 1. The number of rotatable bonds is 4. The number of benzene rings is 1. The van der Waals surface area contributed by atoms with Crippen LogP contribution in [0.15, 0.2) is 24.3 Å². The van der Waals surface area contributed by atoms with Crippen molar-refractivity contribution in [1.82, 2.24) is 4.90 Å². The summed E-state index contributed by atoms with van der Waals surface area (Å²) in [6.07, 6.45) is -2.67. The number of carbonyl (C=O) groups excluding carboxylic acids is 1. The van der Waals surface area contributed by atoms with Gasteiger partial charge in [0, 0.05) is 12.1 Å². The Morgan fingerprint density at radius 1 is 1.32 bits per heavy atom. The Morgan fingerprint density at radius 3 is 2.45 bits per heavy atom. The zero-order valence-electron chi connectivity index (χ0n) is 12.4. The molecule has 3 nitrogen and oxygen atoms in total. The lowest BCUT2D eigenvalue weighted by Gasteiger charge is -2.27. The number of hydrogen-bond acceptors (Lipinski definition) is 2. The fraction of sp³-hybridized carbons (Fsp3) is 0.562. The smallest absolute Gasteiger partial charge is 0.393 e. The van der Waals surface area contributed by atoms with Crippen molar-refractivity contribution in [3.63, 3.8) is 0 Å². The highest BCUT2D eigenvalue weighted by Crippen LogP contribution is 2.38. The third-order valence-corrected chi connectivity index (χ3v) is 4.15. The van der Waals surface area contributed by atoms with Crippen molar-refractivity contribution >= 4 is 5.91 Å². The van der Waals surface area contributed by atoms with Gasteiger partial charge in [-0.25, -0.2) is 0 Å². The van der Waals surface area contributed by atoms with E-state index in [-0.39, 0.29) is 13.0 Å². The van der Waals surface area contributed by atoms with Crippen LogP contribution in [0.25, 0.3) is 0 Å². The number of hydrogen-bond donors (Lipinski definition) is 1. The van der Waals surface area contributed by atoms with Gasteiger partial charge in [-0.15, -0.1) is 0 Å². The van der Waals surface area contributed by atoms with Crippen LogP contribution in [0, 0.1) is 5.92 Å². The molecular weight excluding hydrogens is 295 g/mol. The Hall–Kier alpha value is -1.56. The number of carbonyl (C=O) groups is 1. The predicted molar refractivity (Wildman–Crippen MR) is 76.5 cm³/mol. The summed E-state index contributed by atoms with van der Waals surface area (Å²) in [5.41, 5.74) is 1.45. The van der Waals surface area contributed by atoms with E-state index in [1.165, 1.54) is 0 Å². The highest BCUT2D eigenvalue weighted by Gasteiger charge is 2.51. The first-order chi connectivity index (χ1) is 10.4. The average molecular weight is 315 g/mol. The molecule has 0 radical (unpaired) electrons. The van der Waals surface area contributed by atoms with E-state index in [0.717, 1.165) is 23.3 Å². The molecule has 0 aromatic heterocycles. The van der Waals surface area contributed by atoms with E-state index < -0.39 is 30.7 Å². The fourth-order valence-corrected chi connectivity index (χ4v) is 2.98. The van der Waals surface area contributed by atoms with Crippen LogP contribution in [0.2, 0.25) is 0 Å².